The van der Waals surface area contributed by atoms with E-state index >= 15 is 0 Å². The normalized spacial score (nSPS) is 9.83. The van der Waals surface area contributed by atoms with E-state index in [2.05, 4.69) is 0 Å². The SMILES string of the molecule is O=P([O-])([O-])[O-].O=P([O-])([O-])[O-].O=P([O-])([O-])[O-].[Cr+3].[Mn+2].[Ti+4]. The van der Waals surface area contributed by atoms with Crippen molar-refractivity contribution in [3.05, 3.63) is 0 Å². The molecule has 0 fully saturated rings. The van der Waals surface area contributed by atoms with Crippen LogP contribution in [0.3, 0.4) is 0 Å². The second-order valence-electron chi connectivity index (χ2n) is 1.34. The van der Waals surface area contributed by atoms with Gasteiger partial charge in [-0.3, -0.25) is 0 Å². The van der Waals surface area contributed by atoms with E-state index in [0.717, 1.165) is 0 Å². The van der Waals surface area contributed by atoms with Crippen LogP contribution in [0.4, 0.5) is 0 Å². The van der Waals surface area contributed by atoms with E-state index in [9.17, 15) is 0 Å². The van der Waals surface area contributed by atoms with Gasteiger partial charge in [-0.15, -0.1) is 0 Å². The minimum Gasteiger partial charge on any atom is -0.822 e. The molecule has 0 saturated heterocycles. The average molecular weight is 440 g/mol. The van der Waals surface area contributed by atoms with Gasteiger partial charge in [0.25, 0.3) is 0 Å². The van der Waals surface area contributed by atoms with Crippen LogP contribution in [0.1, 0.15) is 0 Å². The fourth-order valence-electron chi connectivity index (χ4n) is 0. The van der Waals surface area contributed by atoms with E-state index in [4.69, 9.17) is 57.7 Å². The molecule has 0 aromatic heterocycles. The Kier molecular flexibility index (Phi) is 31.7. The standard InChI is InChI=1S/Cr.Mn.3H3O4P.Ti/c;;3*1-5(2,3)4;/h;;3*(H3,1,2,3,4);/q+3;+2;;;;+4/p-9. The van der Waals surface area contributed by atoms with Gasteiger partial charge in [0.15, 0.2) is 0 Å². The van der Waals surface area contributed by atoms with Gasteiger partial charge in [-0.2, -0.15) is 23.5 Å². The smallest absolute Gasteiger partial charge is 0.822 e. The molecule has 0 aliphatic rings. The summed E-state index contributed by atoms with van der Waals surface area (Å²) in [6.45, 7) is 0. The van der Waals surface area contributed by atoms with Crippen molar-refractivity contribution < 1.29 is 114 Å². The number of rotatable bonds is 0. The molecule has 0 heterocycles. The fraction of sp³-hybridized carbons (Fsp3) is 0. The van der Waals surface area contributed by atoms with Crippen LogP contribution in [0, 0.1) is 0 Å². The largest absolute Gasteiger partial charge is 4.00 e. The zero-order valence-electron chi connectivity index (χ0n) is 7.53. The van der Waals surface area contributed by atoms with Crippen molar-refractivity contribution in [2.75, 3.05) is 0 Å². The zero-order chi connectivity index (χ0) is 13.5. The molecule has 0 rings (SSSR count). The Morgan fingerprint density at radius 3 is 0.500 bits per heavy atom. The zero-order valence-corrected chi connectivity index (χ0v) is 14.2. The predicted octanol–water partition coefficient (Wildman–Crippen LogP) is -8.48. The average Bonchev–Trinajstić information content (AvgIpc) is 1.41. The fourth-order valence-corrected chi connectivity index (χ4v) is 0. The summed E-state index contributed by atoms with van der Waals surface area (Å²) < 4.78 is 25.6. The summed E-state index contributed by atoms with van der Waals surface area (Å²) in [6.07, 6.45) is 0. The summed E-state index contributed by atoms with van der Waals surface area (Å²) in [7, 11) is -16.2. The van der Waals surface area contributed by atoms with Gasteiger partial charge in [-0.05, 0) is 0 Å². The Morgan fingerprint density at radius 1 is 0.500 bits per heavy atom. The molecule has 2 radical (unpaired) electrons. The topological polar surface area (TPSA) is 259 Å². The molecular weight excluding hydrogens is 440 g/mol. The van der Waals surface area contributed by atoms with Crippen molar-refractivity contribution in [1.29, 1.82) is 0 Å². The van der Waals surface area contributed by atoms with Gasteiger partial charge in [-0.1, -0.05) is 0 Å². The Balaban J connectivity index is -0.0000000277. The first kappa shape index (κ1) is 36.9. The predicted molar refractivity (Wildman–Crippen MR) is 22.8 cm³/mol. The third kappa shape index (κ3) is 1200. The maximum Gasteiger partial charge on any atom is 4.00 e. The molecule has 0 N–H and O–H groups in total. The van der Waals surface area contributed by atoms with Crippen LogP contribution in [0.25, 0.3) is 0 Å². The van der Waals surface area contributed by atoms with Crippen molar-refractivity contribution in [1.82, 2.24) is 0 Å². The molecular formula is CrMnO12P3Ti. The Labute approximate surface area is 137 Å². The van der Waals surface area contributed by atoms with Gasteiger partial charge in [0.05, 0.1) is 0 Å². The van der Waals surface area contributed by atoms with E-state index < -0.39 is 23.5 Å². The van der Waals surface area contributed by atoms with Gasteiger partial charge >= 0.3 is 56.1 Å². The first-order chi connectivity index (χ1) is 6.00. The number of hydrogen-bond acceptors (Lipinski definition) is 12. The van der Waals surface area contributed by atoms with Crippen molar-refractivity contribution in [3.8, 4) is 0 Å². The van der Waals surface area contributed by atoms with Crippen molar-refractivity contribution in [2.24, 2.45) is 0 Å². The Hall–Kier alpha value is 2.10. The van der Waals surface area contributed by atoms with E-state index in [1.165, 1.54) is 0 Å². The summed E-state index contributed by atoms with van der Waals surface area (Å²) in [5.41, 5.74) is 0. The molecule has 0 aromatic carbocycles. The van der Waals surface area contributed by atoms with Gasteiger partial charge in [0, 0.05) is 0 Å². The van der Waals surface area contributed by atoms with Crippen LogP contribution < -0.4 is 44.0 Å². The van der Waals surface area contributed by atoms with Crippen LogP contribution in [0.15, 0.2) is 0 Å². The number of hydrogen-bond donors (Lipinski definition) is 0. The minimum absolute atomic E-state index is 0. The van der Waals surface area contributed by atoms with Crippen LogP contribution >= 0.6 is 23.5 Å². The van der Waals surface area contributed by atoms with E-state index in [1.807, 2.05) is 0 Å². The second kappa shape index (κ2) is 15.5. The third-order valence-electron chi connectivity index (χ3n) is 0. The van der Waals surface area contributed by atoms with Crippen LogP contribution in [-0.4, -0.2) is 0 Å². The second-order valence-corrected chi connectivity index (χ2v) is 4.02. The molecule has 0 aromatic rings. The van der Waals surface area contributed by atoms with Gasteiger partial charge in [0.2, 0.25) is 0 Å². The summed E-state index contributed by atoms with van der Waals surface area (Å²) >= 11 is 0. The van der Waals surface area contributed by atoms with Crippen molar-refractivity contribution in [2.45, 2.75) is 0 Å². The molecule has 18 heavy (non-hydrogen) atoms. The molecule has 12 nitrogen and oxygen atoms in total. The van der Waals surface area contributed by atoms with Crippen molar-refractivity contribution in [3.63, 3.8) is 0 Å². The van der Waals surface area contributed by atoms with E-state index in [0.29, 0.717) is 0 Å². The van der Waals surface area contributed by atoms with E-state index in [1.54, 1.807) is 0 Å². The molecule has 0 aliphatic carbocycles. The third-order valence-corrected chi connectivity index (χ3v) is 0. The first-order valence-electron chi connectivity index (χ1n) is 2.19. The molecule has 0 spiro atoms. The summed E-state index contributed by atoms with van der Waals surface area (Å²) in [5, 5.41) is 0. The van der Waals surface area contributed by atoms with E-state index in [-0.39, 0.29) is 56.1 Å². The molecule has 0 bridgehead atoms. The molecule has 104 valence electrons. The van der Waals surface area contributed by atoms with Crippen molar-refractivity contribution >= 4 is 23.5 Å². The molecule has 0 unspecified atom stereocenters. The molecule has 18 heteroatoms. The Morgan fingerprint density at radius 2 is 0.500 bits per heavy atom. The monoisotopic (exact) mass is 440 g/mol. The summed E-state index contributed by atoms with van der Waals surface area (Å²) in [4.78, 5) is 76.9. The molecule has 0 atom stereocenters. The van der Waals surface area contributed by atoms with Crippen LogP contribution in [0.5, 0.6) is 0 Å². The van der Waals surface area contributed by atoms with Gasteiger partial charge in [0.1, 0.15) is 0 Å². The molecule has 0 amide bonds. The Bertz CT molecular complexity index is 213. The minimum atomic E-state index is -5.39. The summed E-state index contributed by atoms with van der Waals surface area (Å²) in [5.74, 6) is 0. The number of phosphoric acid groups is 3. The van der Waals surface area contributed by atoms with Gasteiger partial charge in [-0.25, -0.2) is 0 Å². The maximum atomic E-state index is 8.55. The van der Waals surface area contributed by atoms with Crippen LogP contribution in [-0.2, 0) is 69.8 Å². The van der Waals surface area contributed by atoms with Gasteiger partial charge < -0.3 is 57.7 Å². The summed E-state index contributed by atoms with van der Waals surface area (Å²) in [6, 6.07) is 0. The molecule has 0 saturated carbocycles. The first-order valence-corrected chi connectivity index (χ1v) is 6.57. The maximum absolute atomic E-state index is 8.55. The van der Waals surface area contributed by atoms with Crippen LogP contribution in [0.2, 0.25) is 0 Å². The quantitative estimate of drug-likeness (QED) is 0.251. The molecule has 0 aliphatic heterocycles.